The molecular formula is C16H15N3O2. The number of carbonyl (C=O) groups is 1. The maximum absolute atomic E-state index is 12.2. The SMILES string of the molecule is Cc1cccc(NC(=O)c2cc(-c3ccco3)[nH]n2)c1C. The van der Waals surface area contributed by atoms with Crippen molar-refractivity contribution in [3.8, 4) is 11.5 Å². The lowest BCUT2D eigenvalue weighted by Crippen LogP contribution is -2.13. The maximum Gasteiger partial charge on any atom is 0.276 e. The molecule has 5 heteroatoms. The Morgan fingerprint density at radius 2 is 2.10 bits per heavy atom. The van der Waals surface area contributed by atoms with Crippen molar-refractivity contribution in [2.75, 3.05) is 5.32 Å². The first-order valence-electron chi connectivity index (χ1n) is 6.62. The lowest BCUT2D eigenvalue weighted by Gasteiger charge is -2.08. The van der Waals surface area contributed by atoms with E-state index in [9.17, 15) is 4.79 Å². The number of aryl methyl sites for hydroxylation is 1. The molecule has 0 spiro atoms. The second-order valence-corrected chi connectivity index (χ2v) is 4.85. The first kappa shape index (κ1) is 13.2. The van der Waals surface area contributed by atoms with E-state index in [1.165, 1.54) is 0 Å². The van der Waals surface area contributed by atoms with E-state index in [1.807, 2.05) is 32.0 Å². The Morgan fingerprint density at radius 1 is 1.24 bits per heavy atom. The van der Waals surface area contributed by atoms with Crippen molar-refractivity contribution in [1.82, 2.24) is 10.2 Å². The minimum Gasteiger partial charge on any atom is -0.463 e. The van der Waals surface area contributed by atoms with Gasteiger partial charge < -0.3 is 9.73 Å². The van der Waals surface area contributed by atoms with Crippen molar-refractivity contribution < 1.29 is 9.21 Å². The zero-order valence-electron chi connectivity index (χ0n) is 11.8. The molecule has 0 saturated heterocycles. The van der Waals surface area contributed by atoms with Gasteiger partial charge in [-0.3, -0.25) is 9.89 Å². The molecule has 5 nitrogen and oxygen atoms in total. The molecule has 0 bridgehead atoms. The highest BCUT2D eigenvalue weighted by molar-refractivity contribution is 6.03. The molecule has 0 saturated carbocycles. The van der Waals surface area contributed by atoms with Crippen molar-refractivity contribution in [3.05, 3.63) is 59.5 Å². The Hall–Kier alpha value is -2.82. The standard InChI is InChI=1S/C16H15N3O2/c1-10-5-3-6-12(11(10)2)17-16(20)14-9-13(18-19-14)15-7-4-8-21-15/h3-9H,1-2H3,(H,17,20)(H,18,19). The summed E-state index contributed by atoms with van der Waals surface area (Å²) in [6.45, 7) is 3.98. The quantitative estimate of drug-likeness (QED) is 0.771. The van der Waals surface area contributed by atoms with Crippen molar-refractivity contribution in [2.45, 2.75) is 13.8 Å². The lowest BCUT2D eigenvalue weighted by atomic mass is 10.1. The van der Waals surface area contributed by atoms with Gasteiger partial charge in [-0.15, -0.1) is 0 Å². The lowest BCUT2D eigenvalue weighted by molar-refractivity contribution is 0.102. The Kier molecular flexibility index (Phi) is 3.31. The van der Waals surface area contributed by atoms with Gasteiger partial charge in [0.25, 0.3) is 5.91 Å². The average Bonchev–Trinajstić information content (AvgIpc) is 3.13. The van der Waals surface area contributed by atoms with Crippen LogP contribution in [0.5, 0.6) is 0 Å². The maximum atomic E-state index is 12.2. The second-order valence-electron chi connectivity index (χ2n) is 4.85. The van der Waals surface area contributed by atoms with E-state index in [1.54, 1.807) is 24.5 Å². The molecule has 0 fully saturated rings. The van der Waals surface area contributed by atoms with Gasteiger partial charge in [-0.05, 0) is 43.2 Å². The zero-order chi connectivity index (χ0) is 14.8. The van der Waals surface area contributed by atoms with Crippen molar-refractivity contribution in [1.29, 1.82) is 0 Å². The van der Waals surface area contributed by atoms with Gasteiger partial charge in [-0.1, -0.05) is 12.1 Å². The minimum absolute atomic E-state index is 0.252. The van der Waals surface area contributed by atoms with Crippen LogP contribution in [0.2, 0.25) is 0 Å². The summed E-state index contributed by atoms with van der Waals surface area (Å²) in [5.41, 5.74) is 3.97. The fourth-order valence-electron chi connectivity index (χ4n) is 2.07. The Labute approximate surface area is 122 Å². The number of rotatable bonds is 3. The topological polar surface area (TPSA) is 70.9 Å². The van der Waals surface area contributed by atoms with Crippen molar-refractivity contribution in [3.63, 3.8) is 0 Å². The number of aromatic nitrogens is 2. The first-order valence-corrected chi connectivity index (χ1v) is 6.62. The number of aromatic amines is 1. The van der Waals surface area contributed by atoms with E-state index in [0.29, 0.717) is 17.1 Å². The van der Waals surface area contributed by atoms with Gasteiger partial charge in [0.1, 0.15) is 5.69 Å². The largest absolute Gasteiger partial charge is 0.463 e. The van der Waals surface area contributed by atoms with Crippen LogP contribution in [-0.4, -0.2) is 16.1 Å². The van der Waals surface area contributed by atoms with Gasteiger partial charge >= 0.3 is 0 Å². The van der Waals surface area contributed by atoms with Crippen LogP contribution in [0.15, 0.2) is 47.1 Å². The van der Waals surface area contributed by atoms with E-state index < -0.39 is 0 Å². The normalized spacial score (nSPS) is 10.6. The van der Waals surface area contributed by atoms with Crippen LogP contribution in [0.3, 0.4) is 0 Å². The summed E-state index contributed by atoms with van der Waals surface area (Å²) in [4.78, 5) is 12.2. The molecule has 2 N–H and O–H groups in total. The number of hydrogen-bond donors (Lipinski definition) is 2. The van der Waals surface area contributed by atoms with Crippen LogP contribution in [0.1, 0.15) is 21.6 Å². The van der Waals surface area contributed by atoms with E-state index in [2.05, 4.69) is 15.5 Å². The molecule has 1 amide bonds. The third-order valence-electron chi connectivity index (χ3n) is 3.45. The molecular weight excluding hydrogens is 266 g/mol. The van der Waals surface area contributed by atoms with Crippen LogP contribution in [-0.2, 0) is 0 Å². The molecule has 0 aliphatic heterocycles. The number of hydrogen-bond acceptors (Lipinski definition) is 3. The fourth-order valence-corrected chi connectivity index (χ4v) is 2.07. The summed E-state index contributed by atoms with van der Waals surface area (Å²) < 4.78 is 5.26. The highest BCUT2D eigenvalue weighted by Crippen LogP contribution is 2.20. The molecule has 2 heterocycles. The summed E-state index contributed by atoms with van der Waals surface area (Å²) in [5, 5.41) is 9.69. The summed E-state index contributed by atoms with van der Waals surface area (Å²) in [6.07, 6.45) is 1.58. The van der Waals surface area contributed by atoms with Gasteiger partial charge in [0, 0.05) is 11.8 Å². The number of anilines is 1. The summed E-state index contributed by atoms with van der Waals surface area (Å²) in [7, 11) is 0. The molecule has 3 aromatic rings. The number of amides is 1. The molecule has 1 aromatic carbocycles. The molecule has 2 aromatic heterocycles. The van der Waals surface area contributed by atoms with Crippen LogP contribution in [0.4, 0.5) is 5.69 Å². The summed E-state index contributed by atoms with van der Waals surface area (Å²) in [6, 6.07) is 11.1. The van der Waals surface area contributed by atoms with Crippen LogP contribution >= 0.6 is 0 Å². The monoisotopic (exact) mass is 281 g/mol. The average molecular weight is 281 g/mol. The van der Waals surface area contributed by atoms with Crippen molar-refractivity contribution >= 4 is 11.6 Å². The number of H-pyrrole nitrogens is 1. The molecule has 0 aliphatic carbocycles. The minimum atomic E-state index is -0.252. The van der Waals surface area contributed by atoms with E-state index >= 15 is 0 Å². The van der Waals surface area contributed by atoms with Gasteiger partial charge in [-0.25, -0.2) is 0 Å². The third-order valence-corrected chi connectivity index (χ3v) is 3.45. The van der Waals surface area contributed by atoms with Gasteiger partial charge in [0.2, 0.25) is 0 Å². The number of benzene rings is 1. The highest BCUT2D eigenvalue weighted by atomic mass is 16.3. The summed E-state index contributed by atoms with van der Waals surface area (Å²) >= 11 is 0. The second kappa shape index (κ2) is 5.28. The van der Waals surface area contributed by atoms with Gasteiger partial charge in [0.05, 0.1) is 6.26 Å². The van der Waals surface area contributed by atoms with E-state index in [0.717, 1.165) is 16.8 Å². The number of nitrogens with zero attached hydrogens (tertiary/aromatic N) is 1. The van der Waals surface area contributed by atoms with Crippen LogP contribution in [0, 0.1) is 13.8 Å². The molecule has 0 atom stereocenters. The Morgan fingerprint density at radius 3 is 2.86 bits per heavy atom. The zero-order valence-corrected chi connectivity index (χ0v) is 11.8. The van der Waals surface area contributed by atoms with Crippen LogP contribution < -0.4 is 5.32 Å². The van der Waals surface area contributed by atoms with E-state index in [-0.39, 0.29) is 5.91 Å². The molecule has 21 heavy (non-hydrogen) atoms. The first-order chi connectivity index (χ1) is 10.1. The Bertz CT molecular complexity index is 773. The molecule has 0 radical (unpaired) electrons. The van der Waals surface area contributed by atoms with E-state index in [4.69, 9.17) is 4.42 Å². The predicted molar refractivity (Wildman–Crippen MR) is 80.2 cm³/mol. The van der Waals surface area contributed by atoms with Crippen molar-refractivity contribution in [2.24, 2.45) is 0 Å². The summed E-state index contributed by atoms with van der Waals surface area (Å²) in [5.74, 6) is 0.394. The third kappa shape index (κ3) is 2.58. The fraction of sp³-hybridized carbons (Fsp3) is 0.125. The number of furan rings is 1. The highest BCUT2D eigenvalue weighted by Gasteiger charge is 2.14. The number of nitrogens with one attached hydrogen (secondary N) is 2. The molecule has 0 aliphatic rings. The van der Waals surface area contributed by atoms with Gasteiger partial charge in [0.15, 0.2) is 11.5 Å². The predicted octanol–water partition coefficient (Wildman–Crippen LogP) is 3.54. The molecule has 3 rings (SSSR count). The number of carbonyl (C=O) groups excluding carboxylic acids is 1. The van der Waals surface area contributed by atoms with Crippen LogP contribution in [0.25, 0.3) is 11.5 Å². The molecule has 0 unspecified atom stereocenters. The smallest absolute Gasteiger partial charge is 0.276 e. The molecule has 106 valence electrons. The Balaban J connectivity index is 1.81. The van der Waals surface area contributed by atoms with Gasteiger partial charge in [-0.2, -0.15) is 5.10 Å².